The summed E-state index contributed by atoms with van der Waals surface area (Å²) in [5.41, 5.74) is 0.472. The van der Waals surface area contributed by atoms with Gasteiger partial charge in [-0.25, -0.2) is 8.78 Å². The predicted molar refractivity (Wildman–Crippen MR) is 66.0 cm³/mol. The number of benzene rings is 2. The molecule has 18 heavy (non-hydrogen) atoms. The van der Waals surface area contributed by atoms with Gasteiger partial charge in [0.25, 0.3) is 0 Å². The molecule has 0 saturated carbocycles. The Bertz CT molecular complexity index is 579. The number of hydrogen-bond acceptors (Lipinski definition) is 2. The predicted octanol–water partition coefficient (Wildman–Crippen LogP) is 4.33. The average Bonchev–Trinajstić information content (AvgIpc) is 2.30. The smallest absolute Gasteiger partial charge is 0.150 e. The highest BCUT2D eigenvalue weighted by Gasteiger charge is 2.06. The number of carbonyl (C=O) groups is 1. The van der Waals surface area contributed by atoms with Crippen molar-refractivity contribution in [2.24, 2.45) is 0 Å². The Hall–Kier alpha value is -1.75. The van der Waals surface area contributed by atoms with E-state index in [0.29, 0.717) is 22.1 Å². The third-order valence-corrected chi connectivity index (χ3v) is 2.78. The van der Waals surface area contributed by atoms with E-state index in [1.807, 2.05) is 0 Å². The van der Waals surface area contributed by atoms with E-state index >= 15 is 0 Å². The first-order valence-corrected chi connectivity index (χ1v) is 5.76. The van der Waals surface area contributed by atoms with Gasteiger partial charge in [-0.1, -0.05) is 0 Å². The molecule has 0 N–H and O–H groups in total. The summed E-state index contributed by atoms with van der Waals surface area (Å²) in [7, 11) is 0. The van der Waals surface area contributed by atoms with Crippen LogP contribution in [-0.4, -0.2) is 6.29 Å². The molecule has 0 aliphatic carbocycles. The summed E-state index contributed by atoms with van der Waals surface area (Å²) in [6.07, 6.45) is 0.691. The van der Waals surface area contributed by atoms with Crippen molar-refractivity contribution in [1.82, 2.24) is 0 Å². The van der Waals surface area contributed by atoms with Crippen LogP contribution in [0.3, 0.4) is 0 Å². The third kappa shape index (κ3) is 2.92. The highest BCUT2D eigenvalue weighted by molar-refractivity contribution is 9.10. The van der Waals surface area contributed by atoms with E-state index in [2.05, 4.69) is 15.9 Å². The molecule has 0 unspecified atom stereocenters. The second-order valence-corrected chi connectivity index (χ2v) is 4.37. The lowest BCUT2D eigenvalue weighted by Crippen LogP contribution is -1.89. The standard InChI is InChI=1S/C13H7BrF2O2/c14-12-3-8(7-17)1-2-13(12)18-11-5-9(15)4-10(16)6-11/h1-7H. The summed E-state index contributed by atoms with van der Waals surface area (Å²) in [5, 5.41) is 0. The van der Waals surface area contributed by atoms with Crippen molar-refractivity contribution in [2.75, 3.05) is 0 Å². The van der Waals surface area contributed by atoms with Crippen molar-refractivity contribution >= 4 is 22.2 Å². The van der Waals surface area contributed by atoms with Crippen molar-refractivity contribution in [3.63, 3.8) is 0 Å². The number of hydrogen-bond donors (Lipinski definition) is 0. The van der Waals surface area contributed by atoms with Crippen LogP contribution >= 0.6 is 15.9 Å². The van der Waals surface area contributed by atoms with Crippen LogP contribution in [0.15, 0.2) is 40.9 Å². The Morgan fingerprint density at radius 3 is 2.28 bits per heavy atom. The van der Waals surface area contributed by atoms with E-state index in [1.165, 1.54) is 6.07 Å². The molecular weight excluding hydrogens is 306 g/mol. The molecule has 0 saturated heterocycles. The zero-order valence-electron chi connectivity index (χ0n) is 8.99. The van der Waals surface area contributed by atoms with Gasteiger partial charge >= 0.3 is 0 Å². The van der Waals surface area contributed by atoms with Gasteiger partial charge in [-0.05, 0) is 34.1 Å². The second kappa shape index (κ2) is 5.27. The van der Waals surface area contributed by atoms with Crippen LogP contribution in [0, 0.1) is 11.6 Å². The van der Waals surface area contributed by atoms with Crippen molar-refractivity contribution in [2.45, 2.75) is 0 Å². The average molecular weight is 313 g/mol. The van der Waals surface area contributed by atoms with Gasteiger partial charge in [0.15, 0.2) is 0 Å². The van der Waals surface area contributed by atoms with Crippen LogP contribution < -0.4 is 4.74 Å². The Labute approximate surface area is 110 Å². The molecule has 2 nitrogen and oxygen atoms in total. The molecule has 0 spiro atoms. The van der Waals surface area contributed by atoms with Crippen molar-refractivity contribution in [1.29, 1.82) is 0 Å². The molecule has 0 radical (unpaired) electrons. The van der Waals surface area contributed by atoms with Gasteiger partial charge in [-0.15, -0.1) is 0 Å². The maximum atomic E-state index is 13.0. The van der Waals surface area contributed by atoms with Gasteiger partial charge in [0.1, 0.15) is 29.4 Å². The largest absolute Gasteiger partial charge is 0.456 e. The van der Waals surface area contributed by atoms with Crippen LogP contribution in [0.1, 0.15) is 10.4 Å². The molecule has 0 atom stereocenters. The molecule has 2 aromatic carbocycles. The summed E-state index contributed by atoms with van der Waals surface area (Å²) in [5.74, 6) is -1.02. The molecule has 0 aliphatic heterocycles. The zero-order valence-corrected chi connectivity index (χ0v) is 10.6. The summed E-state index contributed by atoms with van der Waals surface area (Å²) in [6.45, 7) is 0. The number of carbonyl (C=O) groups excluding carboxylic acids is 1. The molecule has 0 aromatic heterocycles. The maximum absolute atomic E-state index is 13.0. The number of aldehydes is 1. The summed E-state index contributed by atoms with van der Waals surface area (Å²) in [4.78, 5) is 10.6. The Balaban J connectivity index is 2.31. The monoisotopic (exact) mass is 312 g/mol. The zero-order chi connectivity index (χ0) is 13.1. The summed E-state index contributed by atoms with van der Waals surface area (Å²) < 4.78 is 31.8. The molecule has 0 bridgehead atoms. The maximum Gasteiger partial charge on any atom is 0.150 e. The molecule has 0 amide bonds. The third-order valence-electron chi connectivity index (χ3n) is 2.16. The Kier molecular flexibility index (Phi) is 3.72. The first-order valence-electron chi connectivity index (χ1n) is 4.97. The number of halogens is 3. The minimum absolute atomic E-state index is 0.0482. The first-order chi connectivity index (χ1) is 8.58. The summed E-state index contributed by atoms with van der Waals surface area (Å²) in [6, 6.07) is 7.54. The molecule has 2 rings (SSSR count). The molecule has 5 heteroatoms. The minimum atomic E-state index is -0.717. The summed E-state index contributed by atoms with van der Waals surface area (Å²) >= 11 is 3.21. The molecule has 0 fully saturated rings. The lowest BCUT2D eigenvalue weighted by atomic mass is 10.2. The molecule has 2 aromatic rings. The Morgan fingerprint density at radius 2 is 1.72 bits per heavy atom. The van der Waals surface area contributed by atoms with E-state index in [9.17, 15) is 13.6 Å². The van der Waals surface area contributed by atoms with Crippen LogP contribution in [-0.2, 0) is 0 Å². The van der Waals surface area contributed by atoms with E-state index in [-0.39, 0.29) is 5.75 Å². The van der Waals surface area contributed by atoms with Gasteiger partial charge in [0, 0.05) is 23.8 Å². The van der Waals surface area contributed by atoms with Gasteiger partial charge in [0.2, 0.25) is 0 Å². The Morgan fingerprint density at radius 1 is 1.06 bits per heavy atom. The van der Waals surface area contributed by atoms with Gasteiger partial charge < -0.3 is 4.74 Å². The van der Waals surface area contributed by atoms with Gasteiger partial charge in [-0.2, -0.15) is 0 Å². The SMILES string of the molecule is O=Cc1ccc(Oc2cc(F)cc(F)c2)c(Br)c1. The fraction of sp³-hybridized carbons (Fsp3) is 0. The molecular formula is C13H7BrF2O2. The van der Waals surface area contributed by atoms with Crippen LogP contribution in [0.4, 0.5) is 8.78 Å². The van der Waals surface area contributed by atoms with E-state index < -0.39 is 11.6 Å². The van der Waals surface area contributed by atoms with Crippen LogP contribution in [0.5, 0.6) is 11.5 Å². The van der Waals surface area contributed by atoms with Crippen molar-refractivity contribution in [3.8, 4) is 11.5 Å². The van der Waals surface area contributed by atoms with E-state index in [4.69, 9.17) is 4.74 Å². The lowest BCUT2D eigenvalue weighted by molar-refractivity contribution is 0.112. The number of ether oxygens (including phenoxy) is 1. The fourth-order valence-electron chi connectivity index (χ4n) is 1.39. The fourth-order valence-corrected chi connectivity index (χ4v) is 1.87. The second-order valence-electron chi connectivity index (χ2n) is 3.51. The molecule has 92 valence electrons. The highest BCUT2D eigenvalue weighted by Crippen LogP contribution is 2.30. The first kappa shape index (κ1) is 12.7. The topological polar surface area (TPSA) is 26.3 Å². The highest BCUT2D eigenvalue weighted by atomic mass is 79.9. The number of rotatable bonds is 3. The van der Waals surface area contributed by atoms with E-state index in [0.717, 1.165) is 18.2 Å². The van der Waals surface area contributed by atoms with Crippen molar-refractivity contribution < 1.29 is 18.3 Å². The van der Waals surface area contributed by atoms with Gasteiger partial charge in [0.05, 0.1) is 4.47 Å². The molecule has 0 aliphatic rings. The van der Waals surface area contributed by atoms with E-state index in [1.54, 1.807) is 12.1 Å². The van der Waals surface area contributed by atoms with Gasteiger partial charge in [-0.3, -0.25) is 4.79 Å². The minimum Gasteiger partial charge on any atom is -0.456 e. The van der Waals surface area contributed by atoms with Crippen LogP contribution in [0.2, 0.25) is 0 Å². The quantitative estimate of drug-likeness (QED) is 0.788. The lowest BCUT2D eigenvalue weighted by Gasteiger charge is -2.08. The molecule has 0 heterocycles. The van der Waals surface area contributed by atoms with Crippen LogP contribution in [0.25, 0.3) is 0 Å². The normalized spacial score (nSPS) is 10.2. The van der Waals surface area contributed by atoms with Crippen molar-refractivity contribution in [3.05, 3.63) is 58.1 Å².